The van der Waals surface area contributed by atoms with E-state index in [1.165, 1.54) is 16.1 Å². The number of nitrogens with zero attached hydrogens (tertiary/aromatic N) is 1. The molecule has 0 saturated heterocycles. The van der Waals surface area contributed by atoms with Crippen molar-refractivity contribution in [3.63, 3.8) is 0 Å². The van der Waals surface area contributed by atoms with Crippen LogP contribution in [0.2, 0.25) is 0 Å². The van der Waals surface area contributed by atoms with E-state index in [2.05, 4.69) is 23.4 Å². The highest BCUT2D eigenvalue weighted by atomic mass is 32.1. The number of hydrogen-bond donors (Lipinski definition) is 2. The molecule has 1 unspecified atom stereocenters. The van der Waals surface area contributed by atoms with E-state index in [-0.39, 0.29) is 0 Å². The van der Waals surface area contributed by atoms with E-state index in [9.17, 15) is 0 Å². The summed E-state index contributed by atoms with van der Waals surface area (Å²) >= 11 is 1.83. The van der Waals surface area contributed by atoms with E-state index < -0.39 is 0 Å². The van der Waals surface area contributed by atoms with Crippen LogP contribution in [0, 0.1) is 0 Å². The van der Waals surface area contributed by atoms with Crippen molar-refractivity contribution in [1.82, 2.24) is 9.97 Å². The number of H-pyrrole nitrogens is 1. The van der Waals surface area contributed by atoms with Crippen LogP contribution in [0.15, 0.2) is 11.4 Å². The maximum Gasteiger partial charge on any atom is 0.111 e. The van der Waals surface area contributed by atoms with Crippen LogP contribution in [0.4, 0.5) is 0 Å². The minimum atomic E-state index is 0.313. The molecule has 2 aromatic rings. The van der Waals surface area contributed by atoms with Gasteiger partial charge in [0, 0.05) is 28.6 Å². The molecule has 3 N–H and O–H groups in total. The number of thiophene rings is 1. The number of hydrogen-bond acceptors (Lipinski definition) is 3. The summed E-state index contributed by atoms with van der Waals surface area (Å²) in [6, 6.07) is 2.18. The first-order valence-electron chi connectivity index (χ1n) is 5.65. The monoisotopic (exact) mass is 233 g/mol. The molecule has 0 bridgehead atoms. The Morgan fingerprint density at radius 1 is 1.56 bits per heavy atom. The third-order valence-electron chi connectivity index (χ3n) is 3.22. The molecule has 0 aromatic carbocycles. The minimum Gasteiger partial charge on any atom is -0.345 e. The molecule has 1 aliphatic carbocycles. The first-order valence-corrected chi connectivity index (χ1v) is 6.53. The van der Waals surface area contributed by atoms with Gasteiger partial charge < -0.3 is 10.7 Å². The van der Waals surface area contributed by atoms with E-state index in [4.69, 9.17) is 10.7 Å². The maximum absolute atomic E-state index is 5.68. The lowest BCUT2D eigenvalue weighted by molar-refractivity contribution is 0.721. The second-order valence-electron chi connectivity index (χ2n) is 4.34. The summed E-state index contributed by atoms with van der Waals surface area (Å²) in [5.41, 5.74) is 9.43. The average Bonchev–Trinajstić information content (AvgIpc) is 2.92. The fraction of sp³-hybridized carbons (Fsp3) is 0.417. The van der Waals surface area contributed by atoms with E-state index >= 15 is 0 Å². The summed E-state index contributed by atoms with van der Waals surface area (Å²) in [5.74, 6) is 1.35. The molecule has 2 heterocycles. The Morgan fingerprint density at radius 2 is 2.44 bits per heavy atom. The molecule has 3 rings (SSSR count). The summed E-state index contributed by atoms with van der Waals surface area (Å²) < 4.78 is 0. The van der Waals surface area contributed by atoms with Gasteiger partial charge in [-0.05, 0) is 24.3 Å². The smallest absolute Gasteiger partial charge is 0.111 e. The summed E-state index contributed by atoms with van der Waals surface area (Å²) in [6.07, 6.45) is 2.21. The van der Waals surface area contributed by atoms with Crippen molar-refractivity contribution in [3.05, 3.63) is 27.8 Å². The number of fused-ring (bicyclic) bond motifs is 3. The molecule has 3 nitrogen and oxygen atoms in total. The Kier molecular flexibility index (Phi) is 2.33. The lowest BCUT2D eigenvalue weighted by atomic mass is 10.0. The van der Waals surface area contributed by atoms with Gasteiger partial charge in [-0.2, -0.15) is 0 Å². The molecule has 0 radical (unpaired) electrons. The highest BCUT2D eigenvalue weighted by molar-refractivity contribution is 7.10. The molecule has 0 spiro atoms. The zero-order valence-electron chi connectivity index (χ0n) is 9.29. The van der Waals surface area contributed by atoms with Gasteiger partial charge in [-0.1, -0.05) is 6.92 Å². The number of aromatic nitrogens is 2. The standard InChI is InChI=1S/C12H15N3S/c1-7(6-13)12-14-9-2-3-10-8(4-5-16-10)11(9)15-12/h4-5,7H,2-3,6,13H2,1H3,(H,14,15). The fourth-order valence-electron chi connectivity index (χ4n) is 2.16. The predicted molar refractivity (Wildman–Crippen MR) is 66.8 cm³/mol. The number of nitrogens with two attached hydrogens (primary N) is 1. The normalized spacial score (nSPS) is 15.6. The zero-order chi connectivity index (χ0) is 11.1. The molecule has 2 aromatic heterocycles. The van der Waals surface area contributed by atoms with Crippen molar-refractivity contribution < 1.29 is 0 Å². The van der Waals surface area contributed by atoms with Crippen molar-refractivity contribution in [2.75, 3.05) is 6.54 Å². The number of imidazole rings is 1. The van der Waals surface area contributed by atoms with Crippen molar-refractivity contribution >= 4 is 11.3 Å². The number of aromatic amines is 1. The van der Waals surface area contributed by atoms with Crippen LogP contribution in [0.3, 0.4) is 0 Å². The third kappa shape index (κ3) is 1.41. The maximum atomic E-state index is 5.68. The summed E-state index contributed by atoms with van der Waals surface area (Å²) in [6.45, 7) is 2.75. The quantitative estimate of drug-likeness (QED) is 0.836. The molecular formula is C12H15N3S. The lowest BCUT2D eigenvalue weighted by Crippen LogP contribution is -2.10. The van der Waals surface area contributed by atoms with Gasteiger partial charge in [-0.15, -0.1) is 11.3 Å². The topological polar surface area (TPSA) is 54.7 Å². The van der Waals surface area contributed by atoms with Crippen LogP contribution in [-0.2, 0) is 12.8 Å². The van der Waals surface area contributed by atoms with Crippen molar-refractivity contribution in [2.45, 2.75) is 25.7 Å². The Labute approximate surface area is 98.7 Å². The number of rotatable bonds is 2. The molecule has 1 atom stereocenters. The van der Waals surface area contributed by atoms with E-state index in [1.807, 2.05) is 11.3 Å². The first-order chi connectivity index (χ1) is 7.79. The zero-order valence-corrected chi connectivity index (χ0v) is 10.1. The summed E-state index contributed by atoms with van der Waals surface area (Å²) in [7, 11) is 0. The average molecular weight is 233 g/mol. The van der Waals surface area contributed by atoms with Crippen LogP contribution in [0.1, 0.15) is 29.2 Å². The Morgan fingerprint density at radius 3 is 3.25 bits per heavy atom. The number of aryl methyl sites for hydroxylation is 2. The van der Waals surface area contributed by atoms with Crippen LogP contribution < -0.4 is 5.73 Å². The summed E-state index contributed by atoms with van der Waals surface area (Å²) in [4.78, 5) is 9.60. The van der Waals surface area contributed by atoms with Gasteiger partial charge in [-0.25, -0.2) is 4.98 Å². The van der Waals surface area contributed by atoms with Crippen LogP contribution in [0.5, 0.6) is 0 Å². The van der Waals surface area contributed by atoms with E-state index in [1.54, 1.807) is 0 Å². The van der Waals surface area contributed by atoms with Gasteiger partial charge in [0.05, 0.1) is 5.69 Å². The predicted octanol–water partition coefficient (Wildman–Crippen LogP) is 2.30. The second kappa shape index (κ2) is 3.71. The summed E-state index contributed by atoms with van der Waals surface area (Å²) in [5, 5.41) is 2.15. The first kappa shape index (κ1) is 10.1. The fourth-order valence-corrected chi connectivity index (χ4v) is 3.04. The van der Waals surface area contributed by atoms with Crippen LogP contribution in [0.25, 0.3) is 11.3 Å². The number of nitrogens with one attached hydrogen (secondary N) is 1. The van der Waals surface area contributed by atoms with Crippen LogP contribution >= 0.6 is 11.3 Å². The minimum absolute atomic E-state index is 0.313. The van der Waals surface area contributed by atoms with Crippen LogP contribution in [-0.4, -0.2) is 16.5 Å². The Bertz CT molecular complexity index is 512. The molecule has 0 aliphatic heterocycles. The molecule has 84 valence electrons. The third-order valence-corrected chi connectivity index (χ3v) is 4.20. The molecule has 0 fully saturated rings. The van der Waals surface area contributed by atoms with Gasteiger partial charge in [0.2, 0.25) is 0 Å². The van der Waals surface area contributed by atoms with E-state index in [0.717, 1.165) is 24.4 Å². The highest BCUT2D eigenvalue weighted by Gasteiger charge is 2.22. The van der Waals surface area contributed by atoms with E-state index in [0.29, 0.717) is 12.5 Å². The van der Waals surface area contributed by atoms with Gasteiger partial charge >= 0.3 is 0 Å². The highest BCUT2D eigenvalue weighted by Crippen LogP contribution is 2.35. The largest absolute Gasteiger partial charge is 0.345 e. The van der Waals surface area contributed by atoms with Gasteiger partial charge in [0.1, 0.15) is 5.82 Å². The Balaban J connectivity index is 2.08. The SMILES string of the molecule is CC(CN)c1nc2c([nH]1)CCc1sccc1-2. The van der Waals surface area contributed by atoms with Gasteiger partial charge in [0.15, 0.2) is 0 Å². The molecule has 16 heavy (non-hydrogen) atoms. The molecule has 0 saturated carbocycles. The van der Waals surface area contributed by atoms with Crippen molar-refractivity contribution in [2.24, 2.45) is 5.73 Å². The molecular weight excluding hydrogens is 218 g/mol. The van der Waals surface area contributed by atoms with Crippen molar-refractivity contribution in [3.8, 4) is 11.3 Å². The lowest BCUT2D eigenvalue weighted by Gasteiger charge is -2.09. The Hall–Kier alpha value is -1.13. The molecule has 0 amide bonds. The van der Waals surface area contributed by atoms with Gasteiger partial charge in [-0.3, -0.25) is 0 Å². The second-order valence-corrected chi connectivity index (χ2v) is 5.34. The molecule has 1 aliphatic rings. The molecule has 4 heteroatoms. The van der Waals surface area contributed by atoms with Gasteiger partial charge in [0.25, 0.3) is 0 Å². The van der Waals surface area contributed by atoms with Crippen molar-refractivity contribution in [1.29, 1.82) is 0 Å².